The van der Waals surface area contributed by atoms with Crippen LogP contribution in [0.3, 0.4) is 0 Å². The van der Waals surface area contributed by atoms with E-state index >= 15 is 0 Å². The summed E-state index contributed by atoms with van der Waals surface area (Å²) in [6.45, 7) is 11.1. The molecule has 2 saturated carbocycles. The number of primary amides is 1. The summed E-state index contributed by atoms with van der Waals surface area (Å²) in [6, 6.07) is 7.70. The van der Waals surface area contributed by atoms with Gasteiger partial charge in [0, 0.05) is 25.2 Å². The fourth-order valence-corrected chi connectivity index (χ4v) is 6.38. The van der Waals surface area contributed by atoms with Crippen molar-refractivity contribution in [3.05, 3.63) is 35.4 Å². The topological polar surface area (TPSA) is 123 Å². The first-order valence-corrected chi connectivity index (χ1v) is 16.4. The Labute approximate surface area is 259 Å². The monoisotopic (exact) mass is 600 g/mol. The van der Waals surface area contributed by atoms with Crippen molar-refractivity contribution in [2.45, 2.75) is 136 Å². The standard InChI is InChI=1S/C34H56N4O5/c1-6-26(31(39)43-34(3,4)5)22-30(37-32(35)40)27-11-10-14-29(21-27)42-20-19-38(23-25-17-15-24(2)16-18-25)33(41)36-28-12-8-7-9-13-28/h15-18,26-30H,6-14,19-23H2,1-5H3,(H,36,41)(H3,35,37,40). The zero-order valence-electron chi connectivity index (χ0n) is 27.2. The zero-order valence-corrected chi connectivity index (χ0v) is 27.2. The van der Waals surface area contributed by atoms with Gasteiger partial charge in [-0.2, -0.15) is 0 Å². The number of hydrogen-bond donors (Lipinski definition) is 3. The van der Waals surface area contributed by atoms with Crippen molar-refractivity contribution < 1.29 is 23.9 Å². The number of ether oxygens (including phenoxy) is 2. The number of aryl methyl sites for hydroxylation is 1. The highest BCUT2D eigenvalue weighted by Gasteiger charge is 2.34. The maximum atomic E-state index is 13.4. The normalized spacial score (nSPS) is 21.0. The van der Waals surface area contributed by atoms with Gasteiger partial charge in [-0.25, -0.2) is 9.59 Å². The van der Waals surface area contributed by atoms with Gasteiger partial charge in [-0.15, -0.1) is 0 Å². The second-order valence-electron chi connectivity index (χ2n) is 13.6. The molecular weight excluding hydrogens is 544 g/mol. The molecule has 1 aromatic carbocycles. The number of nitrogens with two attached hydrogens (primary N) is 1. The zero-order chi connectivity index (χ0) is 31.4. The molecule has 9 nitrogen and oxygen atoms in total. The average Bonchev–Trinajstić information content (AvgIpc) is 2.95. The minimum Gasteiger partial charge on any atom is -0.460 e. The lowest BCUT2D eigenvalue weighted by molar-refractivity contribution is -0.160. The van der Waals surface area contributed by atoms with E-state index in [0.717, 1.165) is 56.9 Å². The summed E-state index contributed by atoms with van der Waals surface area (Å²) in [5.74, 6) is -0.425. The fourth-order valence-electron chi connectivity index (χ4n) is 6.38. The maximum Gasteiger partial charge on any atom is 0.317 e. The van der Waals surface area contributed by atoms with Crippen LogP contribution in [0.4, 0.5) is 9.59 Å². The Morgan fingerprint density at radius 3 is 2.35 bits per heavy atom. The summed E-state index contributed by atoms with van der Waals surface area (Å²) in [7, 11) is 0. The predicted molar refractivity (Wildman–Crippen MR) is 169 cm³/mol. The van der Waals surface area contributed by atoms with Gasteiger partial charge in [0.1, 0.15) is 5.60 Å². The third kappa shape index (κ3) is 12.4. The molecule has 4 N–H and O–H groups in total. The van der Waals surface area contributed by atoms with Gasteiger partial charge < -0.3 is 30.7 Å². The smallest absolute Gasteiger partial charge is 0.317 e. The predicted octanol–water partition coefficient (Wildman–Crippen LogP) is 6.21. The summed E-state index contributed by atoms with van der Waals surface area (Å²) in [5.41, 5.74) is 7.29. The number of nitrogens with one attached hydrogen (secondary N) is 2. The van der Waals surface area contributed by atoms with Crippen LogP contribution in [0.2, 0.25) is 0 Å². The molecule has 2 aliphatic rings. The van der Waals surface area contributed by atoms with Crippen molar-refractivity contribution in [2.75, 3.05) is 13.2 Å². The summed E-state index contributed by atoms with van der Waals surface area (Å²) in [6.07, 6.45) is 10.4. The highest BCUT2D eigenvalue weighted by atomic mass is 16.6. The Bertz CT molecular complexity index is 1020. The van der Waals surface area contributed by atoms with Gasteiger partial charge in [-0.05, 0) is 84.1 Å². The van der Waals surface area contributed by atoms with E-state index in [2.05, 4.69) is 41.8 Å². The fraction of sp³-hybridized carbons (Fsp3) is 0.735. The lowest BCUT2D eigenvalue weighted by Gasteiger charge is -2.36. The molecule has 9 heteroatoms. The summed E-state index contributed by atoms with van der Waals surface area (Å²) in [5, 5.41) is 6.19. The Balaban J connectivity index is 1.60. The van der Waals surface area contributed by atoms with Gasteiger partial charge in [-0.3, -0.25) is 4.79 Å². The molecule has 4 unspecified atom stereocenters. The number of esters is 1. The van der Waals surface area contributed by atoms with Gasteiger partial charge in [0.2, 0.25) is 0 Å². The Morgan fingerprint density at radius 2 is 1.72 bits per heavy atom. The quantitative estimate of drug-likeness (QED) is 0.232. The van der Waals surface area contributed by atoms with Crippen LogP contribution in [-0.2, 0) is 20.8 Å². The molecule has 0 saturated heterocycles. The molecule has 4 amide bonds. The molecule has 4 atom stereocenters. The van der Waals surface area contributed by atoms with Crippen LogP contribution in [0, 0.1) is 18.8 Å². The molecule has 2 fully saturated rings. The van der Waals surface area contributed by atoms with Crippen molar-refractivity contribution >= 4 is 18.0 Å². The number of urea groups is 2. The molecule has 43 heavy (non-hydrogen) atoms. The first-order chi connectivity index (χ1) is 20.4. The molecular formula is C34H56N4O5. The molecule has 242 valence electrons. The lowest BCUT2D eigenvalue weighted by Crippen LogP contribution is -2.47. The van der Waals surface area contributed by atoms with Crippen LogP contribution in [-0.4, -0.2) is 59.9 Å². The number of carbonyl (C=O) groups is 3. The molecule has 3 rings (SSSR count). The number of hydrogen-bond acceptors (Lipinski definition) is 5. The number of benzene rings is 1. The van der Waals surface area contributed by atoms with Crippen LogP contribution >= 0.6 is 0 Å². The first kappa shape index (κ1) is 34.7. The molecule has 0 bridgehead atoms. The van der Waals surface area contributed by atoms with E-state index in [-0.39, 0.29) is 42.0 Å². The second-order valence-corrected chi connectivity index (χ2v) is 13.6. The molecule has 0 spiro atoms. The minimum absolute atomic E-state index is 0.0140. The van der Waals surface area contributed by atoms with Crippen molar-refractivity contribution in [1.29, 1.82) is 0 Å². The van der Waals surface area contributed by atoms with Crippen molar-refractivity contribution in [1.82, 2.24) is 15.5 Å². The largest absolute Gasteiger partial charge is 0.460 e. The highest BCUT2D eigenvalue weighted by Crippen LogP contribution is 2.32. The van der Waals surface area contributed by atoms with Gasteiger partial charge in [0.25, 0.3) is 0 Å². The van der Waals surface area contributed by atoms with E-state index in [1.165, 1.54) is 12.0 Å². The van der Waals surface area contributed by atoms with Crippen LogP contribution in [0.15, 0.2) is 24.3 Å². The highest BCUT2D eigenvalue weighted by molar-refractivity contribution is 5.75. The van der Waals surface area contributed by atoms with E-state index in [9.17, 15) is 14.4 Å². The molecule has 0 aliphatic heterocycles. The summed E-state index contributed by atoms with van der Waals surface area (Å²) >= 11 is 0. The SMILES string of the molecule is CCC(CC(NC(N)=O)C1CCCC(OCCN(Cc2ccc(C)cc2)C(=O)NC2CCCCC2)C1)C(=O)OC(C)(C)C. The number of carbonyl (C=O) groups excluding carboxylic acids is 3. The van der Waals surface area contributed by atoms with Crippen molar-refractivity contribution in [3.8, 4) is 0 Å². The number of amides is 4. The lowest BCUT2D eigenvalue weighted by atomic mass is 9.78. The molecule has 0 radical (unpaired) electrons. The first-order valence-electron chi connectivity index (χ1n) is 16.4. The van der Waals surface area contributed by atoms with E-state index in [1.807, 2.05) is 32.6 Å². The number of nitrogens with zero attached hydrogens (tertiary/aromatic N) is 1. The molecule has 0 aromatic heterocycles. The molecule has 1 aromatic rings. The summed E-state index contributed by atoms with van der Waals surface area (Å²) in [4.78, 5) is 40.0. The van der Waals surface area contributed by atoms with Crippen LogP contribution < -0.4 is 16.4 Å². The third-order valence-electron chi connectivity index (χ3n) is 8.76. The number of rotatable bonds is 13. The summed E-state index contributed by atoms with van der Waals surface area (Å²) < 4.78 is 12.0. The van der Waals surface area contributed by atoms with Gasteiger partial charge in [0.15, 0.2) is 0 Å². The Hall–Kier alpha value is -2.81. The van der Waals surface area contributed by atoms with E-state index < -0.39 is 11.6 Å². The van der Waals surface area contributed by atoms with E-state index in [4.69, 9.17) is 15.2 Å². The van der Waals surface area contributed by atoms with Crippen LogP contribution in [0.5, 0.6) is 0 Å². The molecule has 0 heterocycles. The van der Waals surface area contributed by atoms with Crippen LogP contribution in [0.1, 0.15) is 109 Å². The second kappa shape index (κ2) is 16.9. The van der Waals surface area contributed by atoms with E-state index in [0.29, 0.717) is 32.5 Å². The Morgan fingerprint density at radius 1 is 1.02 bits per heavy atom. The van der Waals surface area contributed by atoms with Gasteiger partial charge >= 0.3 is 18.0 Å². The van der Waals surface area contributed by atoms with Gasteiger partial charge in [0.05, 0.1) is 18.6 Å². The minimum atomic E-state index is -0.581. The average molecular weight is 601 g/mol. The van der Waals surface area contributed by atoms with Gasteiger partial charge in [-0.1, -0.05) is 62.4 Å². The van der Waals surface area contributed by atoms with Crippen molar-refractivity contribution in [2.24, 2.45) is 17.6 Å². The maximum absolute atomic E-state index is 13.4. The van der Waals surface area contributed by atoms with Crippen molar-refractivity contribution in [3.63, 3.8) is 0 Å². The Kier molecular flexibility index (Phi) is 13.6. The van der Waals surface area contributed by atoms with E-state index in [1.54, 1.807) is 0 Å². The third-order valence-corrected chi connectivity index (χ3v) is 8.76. The molecule has 2 aliphatic carbocycles. The van der Waals surface area contributed by atoms with Crippen LogP contribution in [0.25, 0.3) is 0 Å².